The summed E-state index contributed by atoms with van der Waals surface area (Å²) in [5.41, 5.74) is 1.72. The highest BCUT2D eigenvalue weighted by molar-refractivity contribution is 5.77. The molecule has 0 radical (unpaired) electrons. The predicted molar refractivity (Wildman–Crippen MR) is 80.3 cm³/mol. The first-order chi connectivity index (χ1) is 9.96. The third kappa shape index (κ3) is 3.35. The van der Waals surface area contributed by atoms with Crippen LogP contribution >= 0.6 is 0 Å². The number of benzene rings is 1. The van der Waals surface area contributed by atoms with E-state index in [0.717, 1.165) is 6.42 Å². The van der Waals surface area contributed by atoms with Crippen molar-refractivity contribution in [1.82, 2.24) is 10.6 Å². The van der Waals surface area contributed by atoms with Crippen LogP contribution in [0.5, 0.6) is 0 Å². The number of carbonyl (C=O) groups excluding carboxylic acids is 1. The van der Waals surface area contributed by atoms with E-state index < -0.39 is 11.4 Å². The summed E-state index contributed by atoms with van der Waals surface area (Å²) < 4.78 is 0. The van der Waals surface area contributed by atoms with Gasteiger partial charge in [-0.2, -0.15) is 0 Å². The topological polar surface area (TPSA) is 78.4 Å². The van der Waals surface area contributed by atoms with Crippen molar-refractivity contribution < 1.29 is 14.7 Å². The van der Waals surface area contributed by atoms with Gasteiger partial charge in [0, 0.05) is 19.0 Å². The monoisotopic (exact) mass is 290 g/mol. The molecule has 0 spiro atoms. The molecule has 114 valence electrons. The van der Waals surface area contributed by atoms with E-state index in [1.807, 2.05) is 12.1 Å². The minimum absolute atomic E-state index is 0.131. The summed E-state index contributed by atoms with van der Waals surface area (Å²) in [5, 5.41) is 14.6. The Morgan fingerprint density at radius 3 is 2.67 bits per heavy atom. The molecule has 0 fully saturated rings. The van der Waals surface area contributed by atoms with E-state index in [-0.39, 0.29) is 12.6 Å². The summed E-state index contributed by atoms with van der Waals surface area (Å²) in [6, 6.07) is 7.91. The second kappa shape index (κ2) is 6.16. The maximum absolute atomic E-state index is 11.8. The number of carboxylic acid groups (broad SMARTS) is 1. The first-order valence-corrected chi connectivity index (χ1v) is 7.29. The van der Waals surface area contributed by atoms with Crippen molar-refractivity contribution in [3.05, 3.63) is 35.4 Å². The lowest BCUT2D eigenvalue weighted by molar-refractivity contribution is -0.147. The van der Waals surface area contributed by atoms with Crippen molar-refractivity contribution in [2.45, 2.75) is 32.6 Å². The van der Waals surface area contributed by atoms with Crippen LogP contribution in [0, 0.1) is 5.41 Å². The van der Waals surface area contributed by atoms with Gasteiger partial charge in [0.1, 0.15) is 0 Å². The van der Waals surface area contributed by atoms with Crippen LogP contribution in [0.25, 0.3) is 0 Å². The third-order valence-electron chi connectivity index (χ3n) is 4.41. The Kier molecular flexibility index (Phi) is 4.50. The molecule has 0 aliphatic heterocycles. The standard InChI is InChI=1S/C16H22N2O3/c1-3-16(2,14(19)20)10-18-15(21)17-9-12-8-11-6-4-5-7-13(11)12/h4-7,12H,3,8-10H2,1-2H3,(H,19,20)(H2,17,18,21). The van der Waals surface area contributed by atoms with Crippen LogP contribution in [0.2, 0.25) is 0 Å². The normalized spacial score (nSPS) is 18.9. The van der Waals surface area contributed by atoms with Gasteiger partial charge in [0.25, 0.3) is 0 Å². The predicted octanol–water partition coefficient (Wildman–Crippen LogP) is 2.13. The maximum Gasteiger partial charge on any atom is 0.314 e. The molecule has 21 heavy (non-hydrogen) atoms. The highest BCUT2D eigenvalue weighted by Gasteiger charge is 2.31. The van der Waals surface area contributed by atoms with Gasteiger partial charge in [0.15, 0.2) is 0 Å². The van der Waals surface area contributed by atoms with Crippen molar-refractivity contribution in [2.75, 3.05) is 13.1 Å². The Hall–Kier alpha value is -2.04. The Balaban J connectivity index is 1.75. The maximum atomic E-state index is 11.8. The average molecular weight is 290 g/mol. The van der Waals surface area contributed by atoms with Gasteiger partial charge in [-0.1, -0.05) is 31.2 Å². The number of nitrogens with one attached hydrogen (secondary N) is 2. The zero-order chi connectivity index (χ0) is 15.5. The smallest absolute Gasteiger partial charge is 0.314 e. The summed E-state index contributed by atoms with van der Waals surface area (Å²) in [4.78, 5) is 22.9. The van der Waals surface area contributed by atoms with Crippen molar-refractivity contribution in [3.63, 3.8) is 0 Å². The van der Waals surface area contributed by atoms with Crippen LogP contribution in [0.3, 0.4) is 0 Å². The second-order valence-corrected chi connectivity index (χ2v) is 5.88. The van der Waals surface area contributed by atoms with E-state index in [0.29, 0.717) is 18.9 Å². The van der Waals surface area contributed by atoms with E-state index in [2.05, 4.69) is 22.8 Å². The van der Waals surface area contributed by atoms with Gasteiger partial charge in [0.2, 0.25) is 0 Å². The first-order valence-electron chi connectivity index (χ1n) is 7.29. The minimum Gasteiger partial charge on any atom is -0.481 e. The number of amides is 2. The van der Waals surface area contributed by atoms with E-state index in [1.165, 1.54) is 11.1 Å². The number of urea groups is 1. The fourth-order valence-electron chi connectivity index (χ4n) is 2.45. The van der Waals surface area contributed by atoms with E-state index >= 15 is 0 Å². The Labute approximate surface area is 124 Å². The molecule has 1 aromatic carbocycles. The first kappa shape index (κ1) is 15.4. The third-order valence-corrected chi connectivity index (χ3v) is 4.41. The van der Waals surface area contributed by atoms with Gasteiger partial charge in [-0.3, -0.25) is 4.79 Å². The van der Waals surface area contributed by atoms with Crippen LogP contribution in [0.4, 0.5) is 4.79 Å². The number of carboxylic acids is 1. The molecule has 1 aliphatic rings. The summed E-state index contributed by atoms with van der Waals surface area (Å²) in [5.74, 6) is -0.526. The van der Waals surface area contributed by atoms with Gasteiger partial charge >= 0.3 is 12.0 Å². The fraction of sp³-hybridized carbons (Fsp3) is 0.500. The molecule has 0 saturated carbocycles. The summed E-state index contributed by atoms with van der Waals surface area (Å²) in [7, 11) is 0. The van der Waals surface area contributed by atoms with Crippen molar-refractivity contribution in [2.24, 2.45) is 5.41 Å². The highest BCUT2D eigenvalue weighted by atomic mass is 16.4. The minimum atomic E-state index is -0.916. The lowest BCUT2D eigenvalue weighted by atomic mass is 9.78. The molecule has 2 unspecified atom stereocenters. The number of fused-ring (bicyclic) bond motifs is 1. The van der Waals surface area contributed by atoms with Crippen LogP contribution in [0.1, 0.15) is 37.3 Å². The molecule has 2 atom stereocenters. The largest absolute Gasteiger partial charge is 0.481 e. The van der Waals surface area contributed by atoms with E-state index in [9.17, 15) is 9.59 Å². The number of carbonyl (C=O) groups is 2. The van der Waals surface area contributed by atoms with Gasteiger partial charge in [-0.05, 0) is 30.9 Å². The van der Waals surface area contributed by atoms with Crippen LogP contribution in [-0.4, -0.2) is 30.2 Å². The SMILES string of the molecule is CCC(C)(CNC(=O)NCC1Cc2ccccc21)C(=O)O. The lowest BCUT2D eigenvalue weighted by Gasteiger charge is -2.30. The highest BCUT2D eigenvalue weighted by Crippen LogP contribution is 2.33. The molecule has 3 N–H and O–H groups in total. The Morgan fingerprint density at radius 1 is 1.33 bits per heavy atom. The molecule has 2 amide bonds. The van der Waals surface area contributed by atoms with Crippen LogP contribution in [0.15, 0.2) is 24.3 Å². The van der Waals surface area contributed by atoms with Crippen molar-refractivity contribution in [3.8, 4) is 0 Å². The second-order valence-electron chi connectivity index (χ2n) is 5.88. The van der Waals surface area contributed by atoms with Gasteiger partial charge in [0.05, 0.1) is 5.41 Å². The summed E-state index contributed by atoms with van der Waals surface area (Å²) >= 11 is 0. The number of hydrogen-bond donors (Lipinski definition) is 3. The molecular weight excluding hydrogens is 268 g/mol. The molecule has 1 aromatic rings. The van der Waals surface area contributed by atoms with Crippen molar-refractivity contribution in [1.29, 1.82) is 0 Å². The zero-order valence-corrected chi connectivity index (χ0v) is 12.5. The molecular formula is C16H22N2O3. The molecule has 0 saturated heterocycles. The van der Waals surface area contributed by atoms with Crippen LogP contribution in [-0.2, 0) is 11.2 Å². The van der Waals surface area contributed by atoms with Crippen molar-refractivity contribution >= 4 is 12.0 Å². The van der Waals surface area contributed by atoms with Crippen LogP contribution < -0.4 is 10.6 Å². The molecule has 0 aromatic heterocycles. The Bertz CT molecular complexity index is 544. The summed E-state index contributed by atoms with van der Waals surface area (Å²) in [6.45, 7) is 4.15. The molecule has 1 aliphatic carbocycles. The average Bonchev–Trinajstić information content (AvgIpc) is 2.45. The fourth-order valence-corrected chi connectivity index (χ4v) is 2.45. The molecule has 5 heteroatoms. The summed E-state index contributed by atoms with van der Waals surface area (Å²) in [6.07, 6.45) is 1.46. The lowest BCUT2D eigenvalue weighted by Crippen LogP contribution is -2.46. The van der Waals surface area contributed by atoms with Gasteiger partial charge in [-0.25, -0.2) is 4.79 Å². The van der Waals surface area contributed by atoms with E-state index in [1.54, 1.807) is 13.8 Å². The molecule has 0 bridgehead atoms. The molecule has 5 nitrogen and oxygen atoms in total. The number of hydrogen-bond acceptors (Lipinski definition) is 2. The van der Waals surface area contributed by atoms with Gasteiger partial charge in [-0.15, -0.1) is 0 Å². The molecule has 0 heterocycles. The number of aliphatic carboxylic acids is 1. The Morgan fingerprint density at radius 2 is 2.05 bits per heavy atom. The quantitative estimate of drug-likeness (QED) is 0.751. The zero-order valence-electron chi connectivity index (χ0n) is 12.5. The molecule has 2 rings (SSSR count). The van der Waals surface area contributed by atoms with E-state index in [4.69, 9.17) is 5.11 Å². The number of rotatable bonds is 6. The van der Waals surface area contributed by atoms with Gasteiger partial charge < -0.3 is 15.7 Å².